The van der Waals surface area contributed by atoms with Crippen molar-refractivity contribution in [3.63, 3.8) is 0 Å². The Balaban J connectivity index is 0.000000896. The molecule has 0 radical (unpaired) electrons. The normalized spacial score (nSPS) is 13.6. The van der Waals surface area contributed by atoms with Crippen LogP contribution in [0.1, 0.15) is 80.9 Å². The smallest absolute Gasteiger partial charge is 0.482 e. The number of unbranched alkanes of at least 4 members (excludes halogenated alkanes) is 3. The molecule has 7 N–H and O–H groups in total. The molecule has 1 aliphatic heterocycles. The number of anilines is 2. The third-order valence-corrected chi connectivity index (χ3v) is 9.88. The van der Waals surface area contributed by atoms with Crippen molar-refractivity contribution in [1.82, 2.24) is 20.5 Å². The van der Waals surface area contributed by atoms with Crippen LogP contribution in [-0.2, 0) is 27.3 Å². The minimum absolute atomic E-state index is 0.0863. The summed E-state index contributed by atoms with van der Waals surface area (Å²) in [6, 6.07) is 18.5. The molecule has 0 unspecified atom stereocenters. The number of carboxylic acid groups (broad SMARTS) is 1. The largest absolute Gasteiger partial charge is 0.490 e. The molecular weight excluding hydrogens is 808 g/mol. The van der Waals surface area contributed by atoms with Crippen molar-refractivity contribution in [3.05, 3.63) is 106 Å². The highest BCUT2D eigenvalue weighted by Gasteiger charge is 2.38. The number of fused-ring (bicyclic) bond motifs is 1. The molecular formula is C41H44F3N7O8S. The summed E-state index contributed by atoms with van der Waals surface area (Å²) in [4.78, 5) is 78.1. The van der Waals surface area contributed by atoms with Crippen LogP contribution in [0.4, 0.5) is 24.5 Å². The van der Waals surface area contributed by atoms with Gasteiger partial charge in [0.25, 0.3) is 23.6 Å². The first kappa shape index (κ1) is 44.8. The molecule has 1 aliphatic carbocycles. The molecule has 0 spiro atoms. The lowest BCUT2D eigenvalue weighted by atomic mass is 10.1. The number of nitrogens with two attached hydrogens (primary N) is 1. The van der Waals surface area contributed by atoms with Crippen LogP contribution in [-0.4, -0.2) is 88.5 Å². The maximum Gasteiger partial charge on any atom is 0.490 e. The number of halogens is 3. The first-order chi connectivity index (χ1) is 28.7. The standard InChI is InChI=1S/C39H43N7O6S.C2HF3O2/c40-32(20-30-23-53-24-43-30)38(50)42-17-4-2-1-3-16-41-36(48)27-6-5-7-29(18-27)44-37(49)26-10-8-25(9-11-26)21-46(31-13-14-31)39(51)28-12-15-33-34(19-28)52-22-35(47)45-33;3-2(4,5)1(6)7/h5-12,15,18-19,23-24,31-32H,1-4,13-14,16-17,20-22,40H2,(H,41,48)(H,42,50)(H,44,49)(H,45,47);(H,6,7)/t32-;/m0./s1. The van der Waals surface area contributed by atoms with Gasteiger partial charge in [0.15, 0.2) is 6.61 Å². The highest BCUT2D eigenvalue weighted by atomic mass is 32.1. The number of rotatable bonds is 17. The average molecular weight is 852 g/mol. The molecule has 19 heteroatoms. The van der Waals surface area contributed by atoms with Crippen LogP contribution in [0.15, 0.2) is 77.6 Å². The number of thiazole rings is 1. The van der Waals surface area contributed by atoms with E-state index in [0.717, 1.165) is 49.8 Å². The Morgan fingerprint density at radius 1 is 0.917 bits per heavy atom. The van der Waals surface area contributed by atoms with Crippen LogP contribution in [0.25, 0.3) is 0 Å². The van der Waals surface area contributed by atoms with Crippen LogP contribution in [0.3, 0.4) is 0 Å². The number of hydrogen-bond acceptors (Lipinski definition) is 10. The molecule has 3 aromatic carbocycles. The van der Waals surface area contributed by atoms with Crippen molar-refractivity contribution in [2.75, 3.05) is 30.3 Å². The molecule has 1 atom stereocenters. The predicted octanol–water partition coefficient (Wildman–Crippen LogP) is 5.14. The molecule has 15 nitrogen and oxygen atoms in total. The fourth-order valence-corrected chi connectivity index (χ4v) is 6.50. The third kappa shape index (κ3) is 13.6. The quantitative estimate of drug-likeness (QED) is 0.0768. The van der Waals surface area contributed by atoms with E-state index in [1.165, 1.54) is 11.3 Å². The van der Waals surface area contributed by atoms with Gasteiger partial charge in [0.05, 0.1) is 22.9 Å². The van der Waals surface area contributed by atoms with Gasteiger partial charge in [0, 0.05) is 59.9 Å². The summed E-state index contributed by atoms with van der Waals surface area (Å²) in [5.41, 5.74) is 11.8. The van der Waals surface area contributed by atoms with Crippen molar-refractivity contribution >= 4 is 58.2 Å². The Bertz CT molecular complexity index is 2150. The summed E-state index contributed by atoms with van der Waals surface area (Å²) in [5, 5.41) is 20.4. The van der Waals surface area contributed by atoms with E-state index in [9.17, 15) is 37.1 Å². The number of carbonyl (C=O) groups excluding carboxylic acids is 5. The Morgan fingerprint density at radius 2 is 1.60 bits per heavy atom. The lowest BCUT2D eigenvalue weighted by Gasteiger charge is -2.24. The zero-order valence-electron chi connectivity index (χ0n) is 32.3. The summed E-state index contributed by atoms with van der Waals surface area (Å²) >= 11 is 1.48. The van der Waals surface area contributed by atoms with E-state index < -0.39 is 18.2 Å². The van der Waals surface area contributed by atoms with Crippen molar-refractivity contribution in [3.8, 4) is 5.75 Å². The number of benzene rings is 3. The Hall–Kier alpha value is -6.34. The van der Waals surface area contributed by atoms with Gasteiger partial charge >= 0.3 is 12.1 Å². The van der Waals surface area contributed by atoms with Gasteiger partial charge in [-0.1, -0.05) is 31.0 Å². The minimum Gasteiger partial charge on any atom is -0.482 e. The lowest BCUT2D eigenvalue weighted by molar-refractivity contribution is -0.192. The van der Waals surface area contributed by atoms with E-state index in [0.29, 0.717) is 59.9 Å². The van der Waals surface area contributed by atoms with Gasteiger partial charge in [-0.2, -0.15) is 13.2 Å². The second-order valence-electron chi connectivity index (χ2n) is 14.0. The van der Waals surface area contributed by atoms with Gasteiger partial charge in [-0.25, -0.2) is 9.78 Å². The summed E-state index contributed by atoms with van der Waals surface area (Å²) < 4.78 is 37.2. The number of hydrogen-bond donors (Lipinski definition) is 6. The Kier molecular flexibility index (Phi) is 15.7. The maximum atomic E-state index is 13.5. The van der Waals surface area contributed by atoms with E-state index in [4.69, 9.17) is 20.4 Å². The van der Waals surface area contributed by atoms with Crippen LogP contribution in [0, 0.1) is 0 Å². The van der Waals surface area contributed by atoms with E-state index in [2.05, 4.69) is 26.3 Å². The van der Waals surface area contributed by atoms with E-state index in [-0.39, 0.29) is 42.2 Å². The fraction of sp³-hybridized carbons (Fsp3) is 0.341. The fourth-order valence-electron chi connectivity index (χ4n) is 5.93. The molecule has 1 aromatic heterocycles. The van der Waals surface area contributed by atoms with Gasteiger partial charge in [0.2, 0.25) is 5.91 Å². The first-order valence-electron chi connectivity index (χ1n) is 19.0. The van der Waals surface area contributed by atoms with E-state index in [1.54, 1.807) is 60.1 Å². The Labute approximate surface area is 346 Å². The number of ether oxygens (including phenoxy) is 1. The zero-order chi connectivity index (χ0) is 43.2. The van der Waals surface area contributed by atoms with E-state index in [1.807, 2.05) is 22.4 Å². The molecule has 0 saturated heterocycles. The van der Waals surface area contributed by atoms with Crippen molar-refractivity contribution in [2.45, 2.75) is 69.8 Å². The SMILES string of the molecule is N[C@@H](Cc1cscn1)C(=O)NCCCCCCNC(=O)c1cccc(NC(=O)c2ccc(CN(C(=O)c3ccc4c(c3)OCC(=O)N4)C3CC3)cc2)c1.O=C(O)C(F)(F)F. The predicted molar refractivity (Wildman–Crippen MR) is 216 cm³/mol. The molecule has 60 heavy (non-hydrogen) atoms. The van der Waals surface area contributed by atoms with Crippen LogP contribution in [0.5, 0.6) is 5.75 Å². The number of nitrogens with one attached hydrogen (secondary N) is 4. The van der Waals surface area contributed by atoms with Crippen LogP contribution in [0.2, 0.25) is 0 Å². The van der Waals surface area contributed by atoms with Gasteiger partial charge in [0.1, 0.15) is 5.75 Å². The highest BCUT2D eigenvalue weighted by Crippen LogP contribution is 2.33. The molecule has 1 fully saturated rings. The number of carbonyl (C=O) groups is 6. The van der Waals surface area contributed by atoms with Gasteiger partial charge in [-0.05, 0) is 79.8 Å². The minimum atomic E-state index is -5.08. The number of aromatic nitrogens is 1. The molecule has 0 bridgehead atoms. The van der Waals surface area contributed by atoms with Crippen LogP contribution >= 0.6 is 11.3 Å². The second-order valence-corrected chi connectivity index (χ2v) is 14.7. The second kappa shape index (κ2) is 21.1. The topological polar surface area (TPSA) is 222 Å². The van der Waals surface area contributed by atoms with E-state index >= 15 is 0 Å². The number of amides is 5. The molecule has 2 aliphatic rings. The lowest BCUT2D eigenvalue weighted by Crippen LogP contribution is -2.42. The summed E-state index contributed by atoms with van der Waals surface area (Å²) in [6.07, 6.45) is 0.614. The molecule has 2 heterocycles. The van der Waals surface area contributed by atoms with Gasteiger partial charge in [-0.3, -0.25) is 24.0 Å². The maximum absolute atomic E-state index is 13.5. The number of nitrogens with zero attached hydrogens (tertiary/aromatic N) is 2. The van der Waals surface area contributed by atoms with Crippen molar-refractivity contribution < 1.29 is 51.8 Å². The molecule has 1 saturated carbocycles. The monoisotopic (exact) mass is 851 g/mol. The number of aliphatic carboxylic acids is 1. The summed E-state index contributed by atoms with van der Waals surface area (Å²) in [5.74, 6) is -3.36. The van der Waals surface area contributed by atoms with Gasteiger partial charge < -0.3 is 41.7 Å². The average Bonchev–Trinajstić information content (AvgIpc) is 3.94. The molecule has 4 aromatic rings. The Morgan fingerprint density at radius 3 is 2.25 bits per heavy atom. The zero-order valence-corrected chi connectivity index (χ0v) is 33.1. The first-order valence-corrected chi connectivity index (χ1v) is 20.0. The highest BCUT2D eigenvalue weighted by molar-refractivity contribution is 7.07. The van der Waals surface area contributed by atoms with Crippen molar-refractivity contribution in [1.29, 1.82) is 0 Å². The number of carboxylic acids is 1. The third-order valence-electron chi connectivity index (χ3n) is 9.24. The van der Waals surface area contributed by atoms with Crippen LogP contribution < -0.4 is 31.7 Å². The molecule has 6 rings (SSSR count). The summed E-state index contributed by atoms with van der Waals surface area (Å²) in [7, 11) is 0. The van der Waals surface area contributed by atoms with Gasteiger partial charge in [-0.15, -0.1) is 11.3 Å². The number of alkyl halides is 3. The molecule has 318 valence electrons. The molecule has 5 amide bonds. The summed E-state index contributed by atoms with van der Waals surface area (Å²) in [6.45, 7) is 1.36. The van der Waals surface area contributed by atoms with Crippen molar-refractivity contribution in [2.24, 2.45) is 5.73 Å².